The summed E-state index contributed by atoms with van der Waals surface area (Å²) in [6.07, 6.45) is 2.12. The number of benzene rings is 1. The number of morpholine rings is 1. The number of hydrogen-bond donors (Lipinski definition) is 2. The standard InChI is InChI=1S/C20H30N4O3/c1-20(2,24-10-12-27-13-11-24)15-21-19(26)22-17-7-5-6-16(14-17)18(25)23-8-3-4-9-23/h5-7,14H,3-4,8-13,15H2,1-2H3,(H2,21,22,26). The van der Waals surface area contributed by atoms with Gasteiger partial charge in [0.1, 0.15) is 0 Å². The van der Waals surface area contributed by atoms with E-state index in [2.05, 4.69) is 29.4 Å². The van der Waals surface area contributed by atoms with E-state index >= 15 is 0 Å². The predicted octanol–water partition coefficient (Wildman–Crippen LogP) is 2.15. The highest BCUT2D eigenvalue weighted by Gasteiger charge is 2.28. The number of rotatable bonds is 5. The fourth-order valence-electron chi connectivity index (χ4n) is 3.59. The van der Waals surface area contributed by atoms with E-state index in [0.717, 1.165) is 52.2 Å². The number of likely N-dealkylation sites (tertiary alicyclic amines) is 1. The highest BCUT2D eigenvalue weighted by atomic mass is 16.5. The molecule has 27 heavy (non-hydrogen) atoms. The highest BCUT2D eigenvalue weighted by Crippen LogP contribution is 2.17. The molecule has 0 saturated carbocycles. The van der Waals surface area contributed by atoms with Crippen LogP contribution < -0.4 is 10.6 Å². The third-order valence-electron chi connectivity index (χ3n) is 5.31. The maximum atomic E-state index is 12.5. The van der Waals surface area contributed by atoms with Crippen LogP contribution in [0.5, 0.6) is 0 Å². The molecule has 2 aliphatic heterocycles. The molecule has 2 fully saturated rings. The van der Waals surface area contributed by atoms with Gasteiger partial charge in [0.15, 0.2) is 0 Å². The van der Waals surface area contributed by atoms with Crippen molar-refractivity contribution in [2.45, 2.75) is 32.2 Å². The van der Waals surface area contributed by atoms with E-state index in [-0.39, 0.29) is 17.5 Å². The van der Waals surface area contributed by atoms with Gasteiger partial charge in [-0.3, -0.25) is 9.69 Å². The second kappa shape index (κ2) is 8.71. The fourth-order valence-corrected chi connectivity index (χ4v) is 3.59. The van der Waals surface area contributed by atoms with Crippen LogP contribution in [0, 0.1) is 0 Å². The van der Waals surface area contributed by atoms with Crippen LogP contribution in [0.3, 0.4) is 0 Å². The Morgan fingerprint density at radius 3 is 2.52 bits per heavy atom. The first kappa shape index (κ1) is 19.6. The topological polar surface area (TPSA) is 73.9 Å². The Bertz CT molecular complexity index is 665. The second-order valence-corrected chi connectivity index (χ2v) is 7.80. The van der Waals surface area contributed by atoms with E-state index in [1.54, 1.807) is 24.3 Å². The van der Waals surface area contributed by atoms with Crippen LogP contribution in [0.15, 0.2) is 24.3 Å². The average Bonchev–Trinajstić information content (AvgIpc) is 3.22. The molecular formula is C20H30N4O3. The summed E-state index contributed by atoms with van der Waals surface area (Å²) in [4.78, 5) is 29.0. The van der Waals surface area contributed by atoms with Gasteiger partial charge in [0.25, 0.3) is 5.91 Å². The summed E-state index contributed by atoms with van der Waals surface area (Å²) < 4.78 is 5.39. The molecule has 148 valence electrons. The summed E-state index contributed by atoms with van der Waals surface area (Å²) in [5, 5.41) is 5.78. The van der Waals surface area contributed by atoms with Gasteiger partial charge in [0.05, 0.1) is 13.2 Å². The average molecular weight is 374 g/mol. The van der Waals surface area contributed by atoms with Gasteiger partial charge in [-0.25, -0.2) is 4.79 Å². The number of anilines is 1. The SMILES string of the molecule is CC(C)(CNC(=O)Nc1cccc(C(=O)N2CCCC2)c1)N1CCOCC1. The van der Waals surface area contributed by atoms with Crippen molar-refractivity contribution in [1.82, 2.24) is 15.1 Å². The Morgan fingerprint density at radius 2 is 1.81 bits per heavy atom. The van der Waals surface area contributed by atoms with E-state index in [0.29, 0.717) is 17.8 Å². The lowest BCUT2D eigenvalue weighted by molar-refractivity contribution is -0.00863. The molecule has 0 aromatic heterocycles. The van der Waals surface area contributed by atoms with Gasteiger partial charge < -0.3 is 20.3 Å². The molecule has 2 aliphatic rings. The molecule has 7 heteroatoms. The van der Waals surface area contributed by atoms with Gasteiger partial charge in [-0.15, -0.1) is 0 Å². The van der Waals surface area contributed by atoms with E-state index in [4.69, 9.17) is 4.74 Å². The van der Waals surface area contributed by atoms with E-state index < -0.39 is 0 Å². The smallest absolute Gasteiger partial charge is 0.319 e. The number of ether oxygens (including phenoxy) is 1. The van der Waals surface area contributed by atoms with Gasteiger partial charge in [0.2, 0.25) is 0 Å². The molecule has 0 bridgehead atoms. The summed E-state index contributed by atoms with van der Waals surface area (Å²) in [6.45, 7) is 9.60. The van der Waals surface area contributed by atoms with E-state index in [9.17, 15) is 9.59 Å². The van der Waals surface area contributed by atoms with Crippen LogP contribution in [0.25, 0.3) is 0 Å². The van der Waals surface area contributed by atoms with Crippen molar-refractivity contribution in [2.24, 2.45) is 0 Å². The Balaban J connectivity index is 1.53. The summed E-state index contributed by atoms with van der Waals surface area (Å²) in [5.74, 6) is 0.0324. The first-order valence-corrected chi connectivity index (χ1v) is 9.73. The zero-order valence-electron chi connectivity index (χ0n) is 16.3. The minimum Gasteiger partial charge on any atom is -0.379 e. The van der Waals surface area contributed by atoms with Crippen molar-refractivity contribution in [1.29, 1.82) is 0 Å². The molecule has 0 radical (unpaired) electrons. The van der Waals surface area contributed by atoms with Crippen LogP contribution in [0.4, 0.5) is 10.5 Å². The van der Waals surface area contributed by atoms with Crippen LogP contribution in [-0.4, -0.2) is 73.2 Å². The van der Waals surface area contributed by atoms with Crippen molar-refractivity contribution in [2.75, 3.05) is 51.3 Å². The van der Waals surface area contributed by atoms with Gasteiger partial charge >= 0.3 is 6.03 Å². The van der Waals surface area contributed by atoms with Gasteiger partial charge in [-0.05, 0) is 44.9 Å². The molecule has 2 saturated heterocycles. The number of nitrogens with zero attached hydrogens (tertiary/aromatic N) is 2. The summed E-state index contributed by atoms with van der Waals surface area (Å²) >= 11 is 0. The Morgan fingerprint density at radius 1 is 1.11 bits per heavy atom. The number of carbonyl (C=O) groups is 2. The molecule has 2 N–H and O–H groups in total. The Labute approximate surface area is 161 Å². The normalized spacial score (nSPS) is 18.4. The Hall–Kier alpha value is -2.12. The first-order chi connectivity index (χ1) is 13.0. The molecule has 7 nitrogen and oxygen atoms in total. The number of nitrogens with one attached hydrogen (secondary N) is 2. The summed E-state index contributed by atoms with van der Waals surface area (Å²) in [5.41, 5.74) is 1.10. The molecule has 0 spiro atoms. The van der Waals surface area contributed by atoms with E-state index in [1.165, 1.54) is 0 Å². The quantitative estimate of drug-likeness (QED) is 0.828. The van der Waals surface area contributed by atoms with Crippen molar-refractivity contribution < 1.29 is 14.3 Å². The number of hydrogen-bond acceptors (Lipinski definition) is 4. The predicted molar refractivity (Wildman–Crippen MR) is 105 cm³/mol. The molecular weight excluding hydrogens is 344 g/mol. The minimum absolute atomic E-state index is 0.0324. The van der Waals surface area contributed by atoms with Crippen LogP contribution in [0.1, 0.15) is 37.0 Å². The molecule has 3 rings (SSSR count). The molecule has 0 atom stereocenters. The fraction of sp³-hybridized carbons (Fsp3) is 0.600. The Kier molecular flexibility index (Phi) is 6.34. The van der Waals surface area contributed by atoms with Crippen molar-refractivity contribution >= 4 is 17.6 Å². The maximum absolute atomic E-state index is 12.5. The largest absolute Gasteiger partial charge is 0.379 e. The summed E-state index contributed by atoms with van der Waals surface area (Å²) in [7, 11) is 0. The molecule has 0 aliphatic carbocycles. The molecule has 1 aromatic rings. The van der Waals surface area contributed by atoms with Crippen molar-refractivity contribution in [3.05, 3.63) is 29.8 Å². The number of carbonyl (C=O) groups excluding carboxylic acids is 2. The molecule has 3 amide bonds. The molecule has 0 unspecified atom stereocenters. The number of urea groups is 1. The molecule has 2 heterocycles. The zero-order valence-corrected chi connectivity index (χ0v) is 16.3. The minimum atomic E-state index is -0.262. The second-order valence-electron chi connectivity index (χ2n) is 7.80. The zero-order chi connectivity index (χ0) is 19.3. The maximum Gasteiger partial charge on any atom is 0.319 e. The van der Waals surface area contributed by atoms with Gasteiger partial charge in [-0.1, -0.05) is 6.07 Å². The lowest BCUT2D eigenvalue weighted by Crippen LogP contribution is -2.55. The van der Waals surface area contributed by atoms with Crippen molar-refractivity contribution in [3.8, 4) is 0 Å². The molecule has 1 aromatic carbocycles. The van der Waals surface area contributed by atoms with Crippen LogP contribution in [-0.2, 0) is 4.74 Å². The lowest BCUT2D eigenvalue weighted by Gasteiger charge is -2.40. The van der Waals surface area contributed by atoms with Gasteiger partial charge in [0, 0.05) is 49.5 Å². The lowest BCUT2D eigenvalue weighted by atomic mass is 10.0. The van der Waals surface area contributed by atoms with Gasteiger partial charge in [-0.2, -0.15) is 0 Å². The first-order valence-electron chi connectivity index (χ1n) is 9.73. The third kappa shape index (κ3) is 5.20. The van der Waals surface area contributed by atoms with Crippen molar-refractivity contribution in [3.63, 3.8) is 0 Å². The third-order valence-corrected chi connectivity index (χ3v) is 5.31. The monoisotopic (exact) mass is 374 g/mol. The van der Waals surface area contributed by atoms with E-state index in [1.807, 2.05) is 4.90 Å². The van der Waals surface area contributed by atoms with Crippen LogP contribution >= 0.6 is 0 Å². The number of amides is 3. The van der Waals surface area contributed by atoms with Crippen LogP contribution in [0.2, 0.25) is 0 Å². The summed E-state index contributed by atoms with van der Waals surface area (Å²) in [6, 6.07) is 6.88. The highest BCUT2D eigenvalue weighted by molar-refractivity contribution is 5.97.